The number of terminal acetylenes is 1. The molecule has 0 aromatic heterocycles. The first kappa shape index (κ1) is 11.4. The van der Waals surface area contributed by atoms with Gasteiger partial charge < -0.3 is 5.32 Å². The van der Waals surface area contributed by atoms with Gasteiger partial charge in [0.15, 0.2) is 0 Å². The van der Waals surface area contributed by atoms with Gasteiger partial charge in [-0.25, -0.2) is 0 Å². The van der Waals surface area contributed by atoms with Crippen molar-refractivity contribution in [2.75, 3.05) is 5.32 Å². The number of halogens is 1. The van der Waals surface area contributed by atoms with E-state index in [1.807, 2.05) is 19.9 Å². The maximum Gasteiger partial charge on any atom is 0.101 e. The molecule has 15 heavy (non-hydrogen) atoms. The standard InChI is InChI=1S/C12H11ClN2/c1-4-12(2,3)15-10-6-5-9(8-14)11(13)7-10/h1,5-7,15H,2-3H3. The summed E-state index contributed by atoms with van der Waals surface area (Å²) >= 11 is 5.89. The molecule has 0 atom stereocenters. The Hall–Kier alpha value is -1.64. The van der Waals surface area contributed by atoms with Crippen molar-refractivity contribution < 1.29 is 0 Å². The van der Waals surface area contributed by atoms with Crippen molar-refractivity contribution in [3.8, 4) is 18.4 Å². The monoisotopic (exact) mass is 218 g/mol. The number of nitrogens with zero attached hydrogens (tertiary/aromatic N) is 1. The molecule has 0 saturated carbocycles. The van der Waals surface area contributed by atoms with E-state index >= 15 is 0 Å². The third-order valence-corrected chi connectivity index (χ3v) is 2.22. The second-order valence-electron chi connectivity index (χ2n) is 3.70. The molecule has 0 amide bonds. The lowest BCUT2D eigenvalue weighted by Gasteiger charge is -2.21. The van der Waals surface area contributed by atoms with Crippen LogP contribution in [0.1, 0.15) is 19.4 Å². The van der Waals surface area contributed by atoms with Crippen LogP contribution in [-0.4, -0.2) is 5.54 Å². The molecule has 0 aliphatic heterocycles. The molecule has 1 aromatic rings. The van der Waals surface area contributed by atoms with Gasteiger partial charge in [-0.2, -0.15) is 5.26 Å². The van der Waals surface area contributed by atoms with E-state index in [2.05, 4.69) is 11.2 Å². The summed E-state index contributed by atoms with van der Waals surface area (Å²) in [6.45, 7) is 3.78. The Balaban J connectivity index is 2.97. The Morgan fingerprint density at radius 3 is 2.60 bits per heavy atom. The van der Waals surface area contributed by atoms with Gasteiger partial charge in [-0.05, 0) is 32.0 Å². The Labute approximate surface area is 94.9 Å². The minimum absolute atomic E-state index is 0.426. The molecule has 0 saturated heterocycles. The lowest BCUT2D eigenvalue weighted by Crippen LogP contribution is -2.28. The highest BCUT2D eigenvalue weighted by molar-refractivity contribution is 6.32. The molecule has 0 fully saturated rings. The van der Waals surface area contributed by atoms with Gasteiger partial charge in [0, 0.05) is 5.69 Å². The molecule has 0 heterocycles. The van der Waals surface area contributed by atoms with Crippen molar-refractivity contribution >= 4 is 17.3 Å². The van der Waals surface area contributed by atoms with Crippen molar-refractivity contribution in [2.24, 2.45) is 0 Å². The van der Waals surface area contributed by atoms with E-state index in [-0.39, 0.29) is 0 Å². The summed E-state index contributed by atoms with van der Waals surface area (Å²) in [5.74, 6) is 2.62. The fraction of sp³-hybridized carbons (Fsp3) is 0.250. The van der Waals surface area contributed by atoms with Gasteiger partial charge in [-0.1, -0.05) is 17.5 Å². The molecule has 2 nitrogen and oxygen atoms in total. The largest absolute Gasteiger partial charge is 0.369 e. The van der Waals surface area contributed by atoms with E-state index in [1.54, 1.807) is 18.2 Å². The number of nitriles is 1. The molecule has 3 heteroatoms. The maximum atomic E-state index is 8.70. The highest BCUT2D eigenvalue weighted by Gasteiger charge is 2.13. The van der Waals surface area contributed by atoms with E-state index in [1.165, 1.54) is 0 Å². The fourth-order valence-corrected chi connectivity index (χ4v) is 1.30. The molecule has 1 aromatic carbocycles. The van der Waals surface area contributed by atoms with E-state index in [0.717, 1.165) is 5.69 Å². The second-order valence-corrected chi connectivity index (χ2v) is 4.11. The van der Waals surface area contributed by atoms with Crippen LogP contribution in [0.4, 0.5) is 5.69 Å². The molecular weight excluding hydrogens is 208 g/mol. The average Bonchev–Trinajstić information content (AvgIpc) is 2.17. The lowest BCUT2D eigenvalue weighted by atomic mass is 10.1. The van der Waals surface area contributed by atoms with Gasteiger partial charge in [0.1, 0.15) is 6.07 Å². The predicted octanol–water partition coefficient (Wildman–Crippen LogP) is 3.04. The van der Waals surface area contributed by atoms with Gasteiger partial charge in [-0.15, -0.1) is 6.42 Å². The van der Waals surface area contributed by atoms with Gasteiger partial charge in [0.2, 0.25) is 0 Å². The van der Waals surface area contributed by atoms with Gasteiger partial charge in [0.05, 0.1) is 16.1 Å². The fourth-order valence-electron chi connectivity index (χ4n) is 1.08. The summed E-state index contributed by atoms with van der Waals surface area (Å²) in [4.78, 5) is 0. The van der Waals surface area contributed by atoms with Crippen molar-refractivity contribution in [2.45, 2.75) is 19.4 Å². The minimum Gasteiger partial charge on any atom is -0.369 e. The zero-order valence-corrected chi connectivity index (χ0v) is 9.39. The first-order chi connectivity index (χ1) is 6.98. The quantitative estimate of drug-likeness (QED) is 0.775. The molecule has 1 rings (SSSR count). The van der Waals surface area contributed by atoms with Gasteiger partial charge in [0.25, 0.3) is 0 Å². The molecule has 76 valence electrons. The molecule has 1 N–H and O–H groups in total. The summed E-state index contributed by atoms with van der Waals surface area (Å²) in [5.41, 5.74) is 0.833. The van der Waals surface area contributed by atoms with E-state index in [4.69, 9.17) is 23.3 Å². The van der Waals surface area contributed by atoms with Gasteiger partial charge in [-0.3, -0.25) is 0 Å². The summed E-state index contributed by atoms with van der Waals surface area (Å²) in [7, 11) is 0. The van der Waals surface area contributed by atoms with E-state index < -0.39 is 5.54 Å². The van der Waals surface area contributed by atoms with Crippen LogP contribution >= 0.6 is 11.6 Å². The Bertz CT molecular complexity index is 450. The molecule has 0 aliphatic carbocycles. The number of nitrogens with one attached hydrogen (secondary N) is 1. The number of hydrogen-bond donors (Lipinski definition) is 1. The van der Waals surface area contributed by atoms with Crippen molar-refractivity contribution in [3.63, 3.8) is 0 Å². The number of rotatable bonds is 2. The van der Waals surface area contributed by atoms with Crippen LogP contribution in [0.25, 0.3) is 0 Å². The van der Waals surface area contributed by atoms with Crippen LogP contribution in [0.3, 0.4) is 0 Å². The Morgan fingerprint density at radius 2 is 2.13 bits per heavy atom. The summed E-state index contributed by atoms with van der Waals surface area (Å²) in [6.07, 6.45) is 5.35. The molecule has 0 bridgehead atoms. The van der Waals surface area contributed by atoms with Crippen molar-refractivity contribution in [1.82, 2.24) is 0 Å². The average molecular weight is 219 g/mol. The van der Waals surface area contributed by atoms with Gasteiger partial charge >= 0.3 is 0 Å². The van der Waals surface area contributed by atoms with E-state index in [0.29, 0.717) is 10.6 Å². The van der Waals surface area contributed by atoms with Crippen LogP contribution in [-0.2, 0) is 0 Å². The van der Waals surface area contributed by atoms with Crippen molar-refractivity contribution in [3.05, 3.63) is 28.8 Å². The molecule has 0 spiro atoms. The topological polar surface area (TPSA) is 35.8 Å². The normalized spacial score (nSPS) is 10.2. The SMILES string of the molecule is C#CC(C)(C)Nc1ccc(C#N)c(Cl)c1. The summed E-state index contributed by atoms with van der Waals surface area (Å²) < 4.78 is 0. The zero-order chi connectivity index (χ0) is 11.5. The summed E-state index contributed by atoms with van der Waals surface area (Å²) in [5, 5.41) is 12.3. The van der Waals surface area contributed by atoms with Crippen LogP contribution < -0.4 is 5.32 Å². The third kappa shape index (κ3) is 2.91. The zero-order valence-electron chi connectivity index (χ0n) is 8.63. The predicted molar refractivity (Wildman–Crippen MR) is 62.7 cm³/mol. The van der Waals surface area contributed by atoms with E-state index in [9.17, 15) is 0 Å². The third-order valence-electron chi connectivity index (χ3n) is 1.91. The maximum absolute atomic E-state index is 8.70. The molecule has 0 radical (unpaired) electrons. The molecule has 0 aliphatic rings. The lowest BCUT2D eigenvalue weighted by molar-refractivity contribution is 0.742. The molecule has 0 unspecified atom stereocenters. The molecular formula is C12H11ClN2. The smallest absolute Gasteiger partial charge is 0.101 e. The van der Waals surface area contributed by atoms with Crippen LogP contribution in [0, 0.1) is 23.7 Å². The Kier molecular flexibility index (Phi) is 3.24. The number of benzene rings is 1. The van der Waals surface area contributed by atoms with Crippen LogP contribution in [0.15, 0.2) is 18.2 Å². The van der Waals surface area contributed by atoms with Crippen molar-refractivity contribution in [1.29, 1.82) is 5.26 Å². The van der Waals surface area contributed by atoms with Crippen LogP contribution in [0.2, 0.25) is 5.02 Å². The summed E-state index contributed by atoms with van der Waals surface area (Å²) in [6, 6.07) is 7.14. The minimum atomic E-state index is -0.433. The number of hydrogen-bond acceptors (Lipinski definition) is 2. The number of anilines is 1. The first-order valence-electron chi connectivity index (χ1n) is 4.44. The Morgan fingerprint density at radius 1 is 1.47 bits per heavy atom. The first-order valence-corrected chi connectivity index (χ1v) is 4.82. The second kappa shape index (κ2) is 4.26. The highest BCUT2D eigenvalue weighted by Crippen LogP contribution is 2.22. The van der Waals surface area contributed by atoms with Crippen LogP contribution in [0.5, 0.6) is 0 Å². The highest BCUT2D eigenvalue weighted by atomic mass is 35.5.